The second-order valence-corrected chi connectivity index (χ2v) is 5.33. The van der Waals surface area contributed by atoms with Gasteiger partial charge in [0.1, 0.15) is 0 Å². The average Bonchev–Trinajstić information content (AvgIpc) is 2.38. The lowest BCUT2D eigenvalue weighted by Gasteiger charge is -2.37. The normalized spacial score (nSPS) is 22.0. The average molecular weight is 257 g/mol. The van der Waals surface area contributed by atoms with E-state index in [4.69, 9.17) is 4.74 Å². The number of nitrogens with one attached hydrogen (secondary N) is 1. The summed E-state index contributed by atoms with van der Waals surface area (Å²) in [5.74, 6) is 0. The topological polar surface area (TPSA) is 27.7 Å². The maximum atomic E-state index is 5.89. The van der Waals surface area contributed by atoms with Crippen molar-refractivity contribution in [3.8, 4) is 0 Å². The summed E-state index contributed by atoms with van der Waals surface area (Å²) in [6, 6.07) is 0.633. The number of hydrogen-bond acceptors (Lipinski definition) is 4. The molecule has 1 aliphatic rings. The zero-order valence-corrected chi connectivity index (χ0v) is 12.6. The molecule has 1 saturated heterocycles. The van der Waals surface area contributed by atoms with Crippen molar-refractivity contribution in [3.05, 3.63) is 0 Å². The van der Waals surface area contributed by atoms with Gasteiger partial charge in [-0.2, -0.15) is 0 Å². The van der Waals surface area contributed by atoms with Gasteiger partial charge in [0.25, 0.3) is 0 Å². The lowest BCUT2D eigenvalue weighted by molar-refractivity contribution is -0.0514. The first-order valence-corrected chi connectivity index (χ1v) is 7.46. The number of rotatable bonds is 8. The second kappa shape index (κ2) is 8.86. The molecule has 0 aromatic rings. The predicted octanol–water partition coefficient (Wildman–Crippen LogP) is 1.03. The molecule has 0 aliphatic carbocycles. The minimum Gasteiger partial charge on any atom is -0.374 e. The fourth-order valence-electron chi connectivity index (χ4n) is 2.40. The van der Waals surface area contributed by atoms with Crippen molar-refractivity contribution < 1.29 is 4.74 Å². The monoisotopic (exact) mass is 257 g/mol. The van der Waals surface area contributed by atoms with E-state index in [1.807, 2.05) is 0 Å². The number of nitrogens with zero attached hydrogens (tertiary/aromatic N) is 2. The van der Waals surface area contributed by atoms with Gasteiger partial charge in [-0.05, 0) is 26.9 Å². The van der Waals surface area contributed by atoms with Crippen molar-refractivity contribution in [3.63, 3.8) is 0 Å². The van der Waals surface area contributed by atoms with E-state index in [9.17, 15) is 0 Å². The van der Waals surface area contributed by atoms with E-state index in [1.54, 1.807) is 0 Å². The highest BCUT2D eigenvalue weighted by Crippen LogP contribution is 2.09. The van der Waals surface area contributed by atoms with E-state index in [0.717, 1.165) is 52.4 Å². The molecule has 0 bridgehead atoms. The van der Waals surface area contributed by atoms with Crippen LogP contribution >= 0.6 is 0 Å². The van der Waals surface area contributed by atoms with E-state index < -0.39 is 0 Å². The lowest BCUT2D eigenvalue weighted by atomic mass is 10.2. The summed E-state index contributed by atoms with van der Waals surface area (Å²) >= 11 is 0. The number of morpholine rings is 1. The Kier molecular flexibility index (Phi) is 7.82. The van der Waals surface area contributed by atoms with Crippen LogP contribution in [0.1, 0.15) is 27.7 Å². The fraction of sp³-hybridized carbons (Fsp3) is 1.00. The molecule has 1 rings (SSSR count). The summed E-state index contributed by atoms with van der Waals surface area (Å²) in [6.07, 6.45) is 0.378. The minimum atomic E-state index is 0.378. The van der Waals surface area contributed by atoms with Gasteiger partial charge < -0.3 is 10.1 Å². The molecule has 1 N–H and O–H groups in total. The van der Waals surface area contributed by atoms with Crippen molar-refractivity contribution >= 4 is 0 Å². The predicted molar refractivity (Wildman–Crippen MR) is 77.1 cm³/mol. The van der Waals surface area contributed by atoms with Gasteiger partial charge >= 0.3 is 0 Å². The van der Waals surface area contributed by atoms with Crippen molar-refractivity contribution in [2.24, 2.45) is 0 Å². The Balaban J connectivity index is 2.29. The Bertz CT molecular complexity index is 211. The van der Waals surface area contributed by atoms with Crippen LogP contribution < -0.4 is 5.32 Å². The Morgan fingerprint density at radius 1 is 1.39 bits per heavy atom. The van der Waals surface area contributed by atoms with Crippen LogP contribution in [0.25, 0.3) is 0 Å². The van der Waals surface area contributed by atoms with Crippen LogP contribution in [0.15, 0.2) is 0 Å². The van der Waals surface area contributed by atoms with Gasteiger partial charge in [-0.1, -0.05) is 13.8 Å². The molecule has 18 heavy (non-hydrogen) atoms. The van der Waals surface area contributed by atoms with E-state index >= 15 is 0 Å². The van der Waals surface area contributed by atoms with E-state index in [-0.39, 0.29) is 0 Å². The van der Waals surface area contributed by atoms with Crippen LogP contribution in [0.2, 0.25) is 0 Å². The molecule has 1 aliphatic heterocycles. The van der Waals surface area contributed by atoms with Gasteiger partial charge in [0.05, 0.1) is 12.7 Å². The molecule has 0 aromatic heterocycles. The van der Waals surface area contributed by atoms with E-state index in [1.165, 1.54) is 0 Å². The second-order valence-electron chi connectivity index (χ2n) is 5.33. The highest BCUT2D eigenvalue weighted by molar-refractivity contribution is 4.76. The number of hydrogen-bond donors (Lipinski definition) is 1. The maximum absolute atomic E-state index is 5.89. The maximum Gasteiger partial charge on any atom is 0.0829 e. The van der Waals surface area contributed by atoms with Gasteiger partial charge in [-0.3, -0.25) is 9.80 Å². The van der Waals surface area contributed by atoms with Crippen LogP contribution in [-0.4, -0.2) is 74.4 Å². The molecule has 0 aromatic carbocycles. The third kappa shape index (κ3) is 5.65. The first-order valence-electron chi connectivity index (χ1n) is 7.46. The SMILES string of the molecule is CCNCCN(CC)CC1CN(C(C)C)CCO1. The van der Waals surface area contributed by atoms with Crippen LogP contribution in [0.3, 0.4) is 0 Å². The van der Waals surface area contributed by atoms with E-state index in [0.29, 0.717) is 12.1 Å². The molecule has 0 saturated carbocycles. The fourth-order valence-corrected chi connectivity index (χ4v) is 2.40. The molecule has 1 atom stereocenters. The summed E-state index contributed by atoms with van der Waals surface area (Å²) in [7, 11) is 0. The first kappa shape index (κ1) is 15.9. The third-order valence-electron chi connectivity index (χ3n) is 3.66. The van der Waals surface area contributed by atoms with Gasteiger partial charge in [0.15, 0.2) is 0 Å². The van der Waals surface area contributed by atoms with Crippen LogP contribution in [0.5, 0.6) is 0 Å². The molecule has 108 valence electrons. The number of likely N-dealkylation sites (N-methyl/N-ethyl adjacent to an activating group) is 2. The quantitative estimate of drug-likeness (QED) is 0.657. The van der Waals surface area contributed by atoms with Gasteiger partial charge in [0.2, 0.25) is 0 Å². The molecule has 0 spiro atoms. The zero-order valence-electron chi connectivity index (χ0n) is 12.6. The minimum absolute atomic E-state index is 0.378. The summed E-state index contributed by atoms with van der Waals surface area (Å²) < 4.78 is 5.89. The van der Waals surface area contributed by atoms with Crippen molar-refractivity contribution in [2.45, 2.75) is 39.8 Å². The molecular formula is C14H31N3O. The Morgan fingerprint density at radius 2 is 2.17 bits per heavy atom. The van der Waals surface area contributed by atoms with Crippen LogP contribution in [-0.2, 0) is 4.74 Å². The van der Waals surface area contributed by atoms with Crippen molar-refractivity contribution in [1.82, 2.24) is 15.1 Å². The summed E-state index contributed by atoms with van der Waals surface area (Å²) in [5, 5.41) is 3.38. The summed E-state index contributed by atoms with van der Waals surface area (Å²) in [5.41, 5.74) is 0. The van der Waals surface area contributed by atoms with Gasteiger partial charge in [-0.15, -0.1) is 0 Å². The Hall–Kier alpha value is -0.160. The van der Waals surface area contributed by atoms with Gasteiger partial charge in [0, 0.05) is 38.8 Å². The zero-order chi connectivity index (χ0) is 13.4. The van der Waals surface area contributed by atoms with Crippen molar-refractivity contribution in [1.29, 1.82) is 0 Å². The van der Waals surface area contributed by atoms with E-state index in [2.05, 4.69) is 42.8 Å². The molecule has 1 unspecified atom stereocenters. The lowest BCUT2D eigenvalue weighted by Crippen LogP contribution is -2.50. The molecule has 4 heteroatoms. The molecule has 1 fully saturated rings. The van der Waals surface area contributed by atoms with Gasteiger partial charge in [-0.25, -0.2) is 0 Å². The summed E-state index contributed by atoms with van der Waals surface area (Å²) in [4.78, 5) is 5.00. The molecule has 4 nitrogen and oxygen atoms in total. The Labute approximate surface area is 113 Å². The highest BCUT2D eigenvalue weighted by atomic mass is 16.5. The molecular weight excluding hydrogens is 226 g/mol. The molecule has 0 amide bonds. The third-order valence-corrected chi connectivity index (χ3v) is 3.66. The van der Waals surface area contributed by atoms with Crippen LogP contribution in [0, 0.1) is 0 Å². The number of ether oxygens (including phenoxy) is 1. The largest absolute Gasteiger partial charge is 0.374 e. The standard InChI is InChI=1S/C14H31N3O/c1-5-15-7-8-16(6-2)11-14-12-17(13(3)4)9-10-18-14/h13-15H,5-12H2,1-4H3. The Morgan fingerprint density at radius 3 is 2.78 bits per heavy atom. The summed E-state index contributed by atoms with van der Waals surface area (Å²) in [6.45, 7) is 17.4. The highest BCUT2D eigenvalue weighted by Gasteiger charge is 2.23. The van der Waals surface area contributed by atoms with Crippen LogP contribution in [0.4, 0.5) is 0 Å². The molecule has 0 radical (unpaired) electrons. The smallest absolute Gasteiger partial charge is 0.0829 e. The first-order chi connectivity index (χ1) is 8.67. The molecule has 1 heterocycles. The van der Waals surface area contributed by atoms with Crippen molar-refractivity contribution in [2.75, 3.05) is 52.4 Å².